The van der Waals surface area contributed by atoms with Crippen molar-refractivity contribution in [3.63, 3.8) is 0 Å². The topological polar surface area (TPSA) is 43.2 Å². The molecule has 3 rings (SSSR count). The van der Waals surface area contributed by atoms with Crippen molar-refractivity contribution in [2.75, 3.05) is 13.1 Å². The average Bonchev–Trinajstić information content (AvgIpc) is 2.57. The number of nitrogens with zero attached hydrogens (tertiary/aromatic N) is 2. The van der Waals surface area contributed by atoms with Crippen molar-refractivity contribution in [1.29, 1.82) is 0 Å². The molecule has 2 aromatic carbocycles. The number of hydrogen-bond donors (Lipinski definition) is 0. The van der Waals surface area contributed by atoms with Crippen LogP contribution in [0.25, 0.3) is 0 Å². The molecule has 0 N–H and O–H groups in total. The fourth-order valence-corrected chi connectivity index (χ4v) is 5.32. The van der Waals surface area contributed by atoms with Crippen LogP contribution in [0.5, 0.6) is 11.5 Å². The Balaban J connectivity index is 2.03. The summed E-state index contributed by atoms with van der Waals surface area (Å²) in [4.78, 5) is 9.03. The van der Waals surface area contributed by atoms with Crippen LogP contribution >= 0.6 is 14.1 Å². The molecule has 0 saturated carbocycles. The summed E-state index contributed by atoms with van der Waals surface area (Å²) in [6.45, 7) is 9.54. The number of fused-ring (bicyclic) bond motifs is 2. The van der Waals surface area contributed by atoms with Crippen molar-refractivity contribution in [3.05, 3.63) is 57.6 Å². The monoisotopic (exact) mass is 428 g/mol. The molecule has 2 aromatic rings. The highest BCUT2D eigenvalue weighted by Gasteiger charge is 2.32. The summed E-state index contributed by atoms with van der Waals surface area (Å²) in [6.07, 6.45) is 3.75. The molecule has 1 aliphatic rings. The zero-order valence-electron chi connectivity index (χ0n) is 15.5. The highest BCUT2D eigenvalue weighted by molar-refractivity contribution is 9.24. The Morgan fingerprint density at radius 1 is 0.769 bits per heavy atom. The zero-order chi connectivity index (χ0) is 18.7. The van der Waals surface area contributed by atoms with Crippen molar-refractivity contribution in [1.82, 2.24) is 0 Å². The standard InChI is InChI=1S/C20H24N2O2.Al.BrH/c1-13-7-15(3)19(23)17(9-13)11-21-5-6-22-12-18-10-14(2)8-16(4)20(18)24;;/h7-12,23-24H,5-6H2,1-4H3;;1H/q;+3;/p-3. The number of halogens is 1. The molecular formula is C20H22AlBrN2O2. The fourth-order valence-electron chi connectivity index (χ4n) is 3.14. The maximum Gasteiger partial charge on any atom is 0.957 e. The summed E-state index contributed by atoms with van der Waals surface area (Å²) in [5, 5.41) is 0. The first-order valence-electron chi connectivity index (χ1n) is 8.63. The first kappa shape index (κ1) is 19.2. The number of rotatable bonds is 0. The predicted molar refractivity (Wildman–Crippen MR) is 113 cm³/mol. The van der Waals surface area contributed by atoms with Gasteiger partial charge < -0.3 is 7.58 Å². The second-order valence-electron chi connectivity index (χ2n) is 6.58. The van der Waals surface area contributed by atoms with Gasteiger partial charge in [0.2, 0.25) is 0 Å². The minimum absolute atomic E-state index is 0.638. The quantitative estimate of drug-likeness (QED) is 0.575. The van der Waals surface area contributed by atoms with E-state index in [9.17, 15) is 0 Å². The van der Waals surface area contributed by atoms with Crippen LogP contribution in [0.2, 0.25) is 0 Å². The summed E-state index contributed by atoms with van der Waals surface area (Å²) in [5.74, 6) is 1.67. The van der Waals surface area contributed by atoms with Gasteiger partial charge >= 0.3 is 13.0 Å². The molecule has 0 aromatic heterocycles. The second-order valence-corrected chi connectivity index (χ2v) is 9.84. The Kier molecular flexibility index (Phi) is 6.18. The predicted octanol–water partition coefficient (Wildman–Crippen LogP) is 4.61. The molecule has 1 heterocycles. The molecular weight excluding hydrogens is 407 g/mol. The van der Waals surface area contributed by atoms with Crippen LogP contribution < -0.4 is 7.58 Å². The maximum absolute atomic E-state index is 6.23. The molecule has 26 heavy (non-hydrogen) atoms. The summed E-state index contributed by atoms with van der Waals surface area (Å²) < 4.78 is 12.5. The third-order valence-electron chi connectivity index (χ3n) is 4.14. The van der Waals surface area contributed by atoms with Crippen LogP contribution in [0.4, 0.5) is 0 Å². The van der Waals surface area contributed by atoms with E-state index in [0.717, 1.165) is 33.8 Å². The van der Waals surface area contributed by atoms with Gasteiger partial charge in [0, 0.05) is 23.6 Å². The number of aliphatic imine (C=N–C) groups is 2. The normalized spacial score (nSPS) is 14.3. The third-order valence-corrected chi connectivity index (χ3v) is 6.10. The Hall–Kier alpha value is -1.61. The van der Waals surface area contributed by atoms with Crippen molar-refractivity contribution in [3.8, 4) is 11.5 Å². The lowest BCUT2D eigenvalue weighted by Crippen LogP contribution is -2.24. The SMILES string of the molecule is Cc1cc(C)c2c(c1)C=NCCN=Cc1cc(C)cc(C)c1[O][Al]([Br])[O]2. The van der Waals surface area contributed by atoms with Crippen molar-refractivity contribution < 1.29 is 7.58 Å². The van der Waals surface area contributed by atoms with E-state index in [4.69, 9.17) is 7.58 Å². The molecule has 0 fully saturated rings. The molecule has 0 radical (unpaired) electrons. The highest BCUT2D eigenvalue weighted by Crippen LogP contribution is 2.29. The highest BCUT2D eigenvalue weighted by atomic mass is 79.9. The molecule has 134 valence electrons. The molecule has 1 aliphatic heterocycles. The molecule has 0 unspecified atom stereocenters. The van der Waals surface area contributed by atoms with Crippen molar-refractivity contribution in [2.45, 2.75) is 27.7 Å². The van der Waals surface area contributed by atoms with Gasteiger partial charge in [-0.1, -0.05) is 12.1 Å². The van der Waals surface area contributed by atoms with E-state index in [1.165, 1.54) is 11.1 Å². The second kappa shape index (κ2) is 8.39. The Labute approximate surface area is 166 Å². The average molecular weight is 429 g/mol. The van der Waals surface area contributed by atoms with Crippen molar-refractivity contribution in [2.24, 2.45) is 9.98 Å². The summed E-state index contributed by atoms with van der Waals surface area (Å²) in [5.41, 5.74) is 6.49. The largest absolute Gasteiger partial charge is 0.957 e. The van der Waals surface area contributed by atoms with E-state index in [-0.39, 0.29) is 0 Å². The molecule has 6 heteroatoms. The molecule has 0 saturated heterocycles. The molecule has 4 nitrogen and oxygen atoms in total. The van der Waals surface area contributed by atoms with Gasteiger partial charge in [-0.05, 0) is 62.1 Å². The van der Waals surface area contributed by atoms with Gasteiger partial charge in [0.15, 0.2) is 0 Å². The van der Waals surface area contributed by atoms with Gasteiger partial charge in [0.05, 0.1) is 24.6 Å². The number of hydrogen-bond acceptors (Lipinski definition) is 4. The minimum atomic E-state index is -2.14. The van der Waals surface area contributed by atoms with E-state index in [2.05, 4.69) is 76.0 Å². The Morgan fingerprint density at radius 2 is 1.19 bits per heavy atom. The summed E-state index contributed by atoms with van der Waals surface area (Å²) in [6, 6.07) is 8.41. The lowest BCUT2D eigenvalue weighted by molar-refractivity contribution is 0.447. The number of aryl methyl sites for hydroxylation is 4. The summed E-state index contributed by atoms with van der Waals surface area (Å²) >= 11 is 1.51. The molecule has 0 aliphatic carbocycles. The smallest absolute Gasteiger partial charge is 0.603 e. The van der Waals surface area contributed by atoms with E-state index in [1.807, 2.05) is 12.4 Å². The summed E-state index contributed by atoms with van der Waals surface area (Å²) in [7, 11) is 0. The van der Waals surface area contributed by atoms with Crippen LogP contribution in [0, 0.1) is 27.7 Å². The molecule has 0 atom stereocenters. The lowest BCUT2D eigenvalue weighted by atomic mass is 10.1. The van der Waals surface area contributed by atoms with Gasteiger partial charge in [-0.15, -0.1) is 14.1 Å². The first-order chi connectivity index (χ1) is 12.4. The maximum atomic E-state index is 6.23. The Morgan fingerprint density at radius 3 is 1.62 bits per heavy atom. The van der Waals surface area contributed by atoms with E-state index in [0.29, 0.717) is 13.1 Å². The first-order valence-corrected chi connectivity index (χ1v) is 12.8. The zero-order valence-corrected chi connectivity index (χ0v) is 18.3. The van der Waals surface area contributed by atoms with Gasteiger partial charge in [-0.2, -0.15) is 0 Å². The van der Waals surface area contributed by atoms with E-state index >= 15 is 0 Å². The minimum Gasteiger partial charge on any atom is -0.603 e. The molecule has 0 spiro atoms. The van der Waals surface area contributed by atoms with E-state index < -0.39 is 13.0 Å². The Bertz CT molecular complexity index is 809. The third kappa shape index (κ3) is 4.56. The van der Waals surface area contributed by atoms with Crippen LogP contribution in [0.3, 0.4) is 0 Å². The molecule has 0 amide bonds. The fraction of sp³-hybridized carbons (Fsp3) is 0.300. The van der Waals surface area contributed by atoms with Crippen LogP contribution in [0.15, 0.2) is 34.3 Å². The van der Waals surface area contributed by atoms with Crippen molar-refractivity contribution >= 4 is 39.5 Å². The van der Waals surface area contributed by atoms with Gasteiger partial charge in [-0.25, -0.2) is 0 Å². The van der Waals surface area contributed by atoms with E-state index in [1.54, 1.807) is 0 Å². The number of benzene rings is 2. The van der Waals surface area contributed by atoms with Gasteiger partial charge in [-0.3, -0.25) is 9.98 Å². The lowest BCUT2D eigenvalue weighted by Gasteiger charge is -2.19. The molecule has 0 bridgehead atoms. The van der Waals surface area contributed by atoms with Crippen LogP contribution in [0.1, 0.15) is 33.4 Å². The van der Waals surface area contributed by atoms with Gasteiger partial charge in [0.1, 0.15) is 0 Å². The van der Waals surface area contributed by atoms with Crippen LogP contribution in [-0.4, -0.2) is 38.5 Å². The van der Waals surface area contributed by atoms with Gasteiger partial charge in [0.25, 0.3) is 0 Å². The van der Waals surface area contributed by atoms with Crippen LogP contribution in [-0.2, 0) is 0 Å².